The van der Waals surface area contributed by atoms with E-state index in [-0.39, 0.29) is 0 Å². The molecule has 52 N–H and O–H groups in total. The molecule has 17 rings (SSSR count). The van der Waals surface area contributed by atoms with Crippen LogP contribution in [0.25, 0.3) is 165 Å². The Morgan fingerprint density at radius 3 is 0.346 bits per heavy atom. The highest BCUT2D eigenvalue weighted by Crippen LogP contribution is 2.75. The van der Waals surface area contributed by atoms with E-state index in [2.05, 4.69) is 0 Å². The Labute approximate surface area is 735 Å². The topological polar surface area (TPSA) is 1080 Å². The maximum atomic E-state index is 11.9. The van der Waals surface area contributed by atoms with Crippen molar-refractivity contribution in [1.29, 1.82) is 0 Å². The molecule has 17 aromatic rings. The molecule has 0 bridgehead atoms. The van der Waals surface area contributed by atoms with Crippen LogP contribution >= 0.6 is 0 Å². The van der Waals surface area contributed by atoms with Crippen molar-refractivity contribution in [3.8, 4) is 377 Å². The number of phenolic OH excluding ortho intramolecular Hbond substituents is 52. The number of hydrogen-bond donors (Lipinski definition) is 52. The molecule has 0 spiro atoms. The van der Waals surface area contributed by atoms with Crippen molar-refractivity contribution >= 4 is 87.0 Å². The van der Waals surface area contributed by atoms with Crippen LogP contribution in [0, 0.1) is 0 Å². The van der Waals surface area contributed by atoms with E-state index >= 15 is 0 Å². The Bertz CT molecular complexity index is 8340. The molecule has 54 heteroatoms. The molecule has 0 saturated carbocycles. The zero-order chi connectivity index (χ0) is 101. The number of aromatic hydroxyl groups is 52. The molecule has 54 nitrogen and oxygen atoms in total. The van der Waals surface area contributed by atoms with Gasteiger partial charge in [-0.1, -0.05) is 0 Å². The number of furan rings is 2. The maximum Gasteiger partial charge on any atom is 0.208 e. The first kappa shape index (κ1) is 88.0. The van der Waals surface area contributed by atoms with Crippen LogP contribution in [0.15, 0.2) is 8.83 Å². The Morgan fingerprint density at radius 1 is 0.0662 bits per heavy atom. The molecule has 2 aromatic heterocycles. The zero-order valence-electron chi connectivity index (χ0n) is 65.1. The second-order valence-electron chi connectivity index (χ2n) is 29.4. The van der Waals surface area contributed by atoms with Crippen LogP contribution in [0.1, 0.15) is 0 Å². The van der Waals surface area contributed by atoms with Gasteiger partial charge in [0.1, 0.15) is 0 Å². The number of fused-ring (bicyclic) bond motifs is 10. The van der Waals surface area contributed by atoms with Crippen molar-refractivity contribution in [2.45, 2.75) is 0 Å². The third-order valence-corrected chi connectivity index (χ3v) is 22.6. The van der Waals surface area contributed by atoms with Gasteiger partial charge in [-0.2, -0.15) is 0 Å². The highest BCUT2D eigenvalue weighted by Gasteiger charge is 2.46. The van der Waals surface area contributed by atoms with Gasteiger partial charge in [-0.3, -0.25) is 0 Å². The Balaban J connectivity index is 0.000000199. The van der Waals surface area contributed by atoms with E-state index in [0.29, 0.717) is 0 Å². The van der Waals surface area contributed by atoms with Gasteiger partial charge in [-0.25, -0.2) is 0 Å². The normalized spacial score (nSPS) is 11.7. The monoisotopic (exact) mass is 1900 g/mol. The van der Waals surface area contributed by atoms with Crippen molar-refractivity contribution < 1.29 is 274 Å². The molecule has 136 heavy (non-hydrogen) atoms. The summed E-state index contributed by atoms with van der Waals surface area (Å²) >= 11 is 0. The smallest absolute Gasteiger partial charge is 0.208 e. The van der Waals surface area contributed by atoms with E-state index in [0.717, 1.165) is 0 Å². The molecule has 0 amide bonds. The standard InChI is InChI=1S/C44H28O29.C38H24O25/c45-15-3-1(7-9(21(51)34(64)33(63)19(7)49)11-22(52)24(54)12(25(55)23(11)53)13-26(56)35(65)39(69)36(66)27(13)57)4-6(18(48)32(62)30(60)16(4)46)2(5(3)17(47)31(61)29(15)59)8-10-14-28(58)37(67)40(70)42(72)44(14)73-43(10)41(71)38(68)20(8)50;39-13-3-1(7-9(19(45)28(54)27(53)17(7)43)11-20(46)29(55)33(59)30(56)21(11)47)4-6(16(42)26(52)24(50)14(4)40)2(5(3)15(41)25(51)23(13)49)8-10-12-22(48)31(57)34(60)36(62)38(12)63-37(10)35(61)32(58)18(8)44/h45-72H;39-62H. The molecule has 0 aliphatic carbocycles. The minimum Gasteiger partial charge on any atom is -0.504 e. The minimum atomic E-state index is -1.96. The van der Waals surface area contributed by atoms with E-state index in [1.807, 2.05) is 0 Å². The fourth-order valence-corrected chi connectivity index (χ4v) is 16.4. The summed E-state index contributed by atoms with van der Waals surface area (Å²) in [5, 5.41) is 560. The third-order valence-electron chi connectivity index (χ3n) is 22.6. The molecular formula is C82H52O54. The molecule has 15 aromatic carbocycles. The van der Waals surface area contributed by atoms with Crippen molar-refractivity contribution in [3.63, 3.8) is 0 Å². The zero-order valence-corrected chi connectivity index (χ0v) is 65.1. The predicted octanol–water partition coefficient (Wildman–Crippen LogP) is 8.14. The summed E-state index contributed by atoms with van der Waals surface area (Å²) in [6, 6.07) is 0. The summed E-state index contributed by atoms with van der Waals surface area (Å²) in [6.07, 6.45) is 0. The van der Waals surface area contributed by atoms with Gasteiger partial charge in [0.15, 0.2) is 160 Å². The molecule has 0 aliphatic rings. The number of rotatable bonds is 7. The lowest BCUT2D eigenvalue weighted by Gasteiger charge is -2.26. The van der Waals surface area contributed by atoms with Crippen LogP contribution < -0.4 is 0 Å². The molecule has 0 fully saturated rings. The van der Waals surface area contributed by atoms with E-state index < -0.39 is 464 Å². The van der Waals surface area contributed by atoms with Crippen LogP contribution in [0.2, 0.25) is 0 Å². The van der Waals surface area contributed by atoms with Crippen LogP contribution in [0.5, 0.6) is 299 Å². The lowest BCUT2D eigenvalue weighted by molar-refractivity contribution is 0.329. The highest BCUT2D eigenvalue weighted by atomic mass is 16.4. The van der Waals surface area contributed by atoms with E-state index in [4.69, 9.17) is 8.83 Å². The van der Waals surface area contributed by atoms with Crippen molar-refractivity contribution in [3.05, 3.63) is 0 Å². The van der Waals surface area contributed by atoms with Crippen LogP contribution in [0.3, 0.4) is 0 Å². The van der Waals surface area contributed by atoms with Gasteiger partial charge in [0.05, 0.1) is 33.0 Å². The van der Waals surface area contributed by atoms with Crippen LogP contribution in [-0.2, 0) is 0 Å². The van der Waals surface area contributed by atoms with Gasteiger partial charge >= 0.3 is 0 Å². The second-order valence-corrected chi connectivity index (χ2v) is 29.4. The fraction of sp³-hybridized carbons (Fsp3) is 0. The first-order chi connectivity index (χ1) is 63.3. The van der Waals surface area contributed by atoms with Crippen LogP contribution in [0.4, 0.5) is 0 Å². The molecule has 0 atom stereocenters. The van der Waals surface area contributed by atoms with E-state index in [1.54, 1.807) is 0 Å². The molecule has 0 aliphatic heterocycles. The van der Waals surface area contributed by atoms with Gasteiger partial charge in [0.2, 0.25) is 161 Å². The summed E-state index contributed by atoms with van der Waals surface area (Å²) < 4.78 is 10.8. The highest BCUT2D eigenvalue weighted by molar-refractivity contribution is 6.37. The number of benzene rings is 15. The second kappa shape index (κ2) is 28.0. The largest absolute Gasteiger partial charge is 0.504 e. The van der Waals surface area contributed by atoms with Gasteiger partial charge in [0.25, 0.3) is 0 Å². The van der Waals surface area contributed by atoms with E-state index in [1.165, 1.54) is 0 Å². The van der Waals surface area contributed by atoms with Gasteiger partial charge in [0, 0.05) is 109 Å². The number of hydrogen-bond acceptors (Lipinski definition) is 54. The third kappa shape index (κ3) is 10.4. The first-order valence-electron chi connectivity index (χ1n) is 36.2. The lowest BCUT2D eigenvalue weighted by atomic mass is 9.79. The molecular weight excluding hydrogens is 1850 g/mol. The average molecular weight is 1900 g/mol. The molecule has 2 heterocycles. The average Bonchev–Trinajstić information content (AvgIpc) is 1.23. The minimum absolute atomic E-state index is 1.03. The maximum absolute atomic E-state index is 11.9. The van der Waals surface area contributed by atoms with Crippen LogP contribution in [-0.4, -0.2) is 266 Å². The van der Waals surface area contributed by atoms with Crippen molar-refractivity contribution in [1.82, 2.24) is 0 Å². The van der Waals surface area contributed by atoms with Gasteiger partial charge < -0.3 is 274 Å². The Morgan fingerprint density at radius 2 is 0.162 bits per heavy atom. The molecule has 0 radical (unpaired) electrons. The number of phenols is 52. The van der Waals surface area contributed by atoms with Crippen molar-refractivity contribution in [2.24, 2.45) is 0 Å². The summed E-state index contributed by atoms with van der Waals surface area (Å²) in [5.74, 6) is -89.8. The summed E-state index contributed by atoms with van der Waals surface area (Å²) in [6.45, 7) is 0. The summed E-state index contributed by atoms with van der Waals surface area (Å²) in [7, 11) is 0. The summed E-state index contributed by atoms with van der Waals surface area (Å²) in [5.41, 5.74) is -25.7. The summed E-state index contributed by atoms with van der Waals surface area (Å²) in [4.78, 5) is 0. The van der Waals surface area contributed by atoms with Gasteiger partial charge in [-0.15, -0.1) is 0 Å². The first-order valence-corrected chi connectivity index (χ1v) is 36.2. The molecule has 0 unspecified atom stereocenters. The Hall–Kier alpha value is -21.5. The van der Waals surface area contributed by atoms with Crippen molar-refractivity contribution in [2.75, 3.05) is 0 Å². The quantitative estimate of drug-likeness (QED) is 0.0406. The fourth-order valence-electron chi connectivity index (χ4n) is 16.4. The lowest BCUT2D eigenvalue weighted by Crippen LogP contribution is -1.98. The Kier molecular flexibility index (Phi) is 18.1. The molecule has 704 valence electrons. The van der Waals surface area contributed by atoms with E-state index in [9.17, 15) is 266 Å². The van der Waals surface area contributed by atoms with Gasteiger partial charge in [-0.05, 0) is 0 Å². The SMILES string of the molecule is Oc1c(O)c(O)c(-c2c(O)c(O)c(-c3c(O)c(O)c(O)c(O)c3-c3c4c(O)c(O)c(O)c(O)c4c(-c4c(O)c(O)c(O)c5oc6c(O)c(O)c(O)c(O)c6c45)c4c(O)c(O)c(O)c(O)c34)c(O)c2O)c(O)c1O.Oc1c(O)c(O)c(-c2c(O)c(O)c(O)c(O)c2-c2c3c(O)c(O)c(O)c(O)c3c(-c3c(O)c(O)c(O)c4oc5c(O)c(O)c(O)c(O)c5c34)c3c(O)c(O)c(O)c(O)c23)c(O)c1O. The predicted molar refractivity (Wildman–Crippen MR) is 442 cm³/mol. The molecule has 0 saturated heterocycles.